The van der Waals surface area contributed by atoms with Crippen molar-refractivity contribution in [3.8, 4) is 0 Å². The third-order valence-corrected chi connectivity index (χ3v) is 2.98. The first-order chi connectivity index (χ1) is 8.36. The summed E-state index contributed by atoms with van der Waals surface area (Å²) in [5, 5.41) is 6.66. The minimum atomic E-state index is 0. The van der Waals surface area contributed by atoms with Gasteiger partial charge in [0.05, 0.1) is 0 Å². The molecule has 0 amide bonds. The van der Waals surface area contributed by atoms with Crippen LogP contribution in [0.3, 0.4) is 0 Å². The lowest BCUT2D eigenvalue weighted by atomic mass is 10.4. The fraction of sp³-hybridized carbons (Fsp3) is 0.923. The maximum atomic E-state index is 4.48. The monoisotopic (exact) mass is 368 g/mol. The zero-order valence-corrected chi connectivity index (χ0v) is 14.2. The van der Waals surface area contributed by atoms with Crippen LogP contribution in [0, 0.1) is 0 Å². The zero-order valence-electron chi connectivity index (χ0n) is 11.9. The van der Waals surface area contributed by atoms with Crippen LogP contribution in [-0.4, -0.2) is 50.1 Å². The fourth-order valence-electron chi connectivity index (χ4n) is 2.08. The molecule has 0 aromatic carbocycles. The smallest absolute Gasteiger partial charge is 0.191 e. The number of hydrogen-bond acceptors (Lipinski definition) is 2. The molecular weight excluding hydrogens is 339 g/mol. The Balaban J connectivity index is 0.00000289. The Hall–Kier alpha value is -0.0400. The minimum absolute atomic E-state index is 0. The first kappa shape index (κ1) is 18.0. The van der Waals surface area contributed by atoms with Crippen molar-refractivity contribution in [3.63, 3.8) is 0 Å². The van der Waals surface area contributed by atoms with E-state index in [0.717, 1.165) is 32.0 Å². The van der Waals surface area contributed by atoms with E-state index in [1.807, 2.05) is 0 Å². The third-order valence-electron chi connectivity index (χ3n) is 2.98. The first-order valence-electron chi connectivity index (χ1n) is 7.11. The van der Waals surface area contributed by atoms with Crippen molar-refractivity contribution in [2.45, 2.75) is 39.5 Å². The quantitative estimate of drug-likeness (QED) is 0.313. The van der Waals surface area contributed by atoms with Crippen LogP contribution in [0.25, 0.3) is 0 Å². The number of aliphatic imine (C=N–C) groups is 1. The molecule has 0 radical (unpaired) electrons. The van der Waals surface area contributed by atoms with Crippen LogP contribution in [-0.2, 0) is 0 Å². The van der Waals surface area contributed by atoms with Gasteiger partial charge < -0.3 is 15.5 Å². The predicted molar refractivity (Wildman–Crippen MR) is 90.0 cm³/mol. The summed E-state index contributed by atoms with van der Waals surface area (Å²) in [5.74, 6) is 0.968. The SMILES string of the molecule is CCCN=C(NCC)NCCCN1CCCC1.I. The molecule has 5 heteroatoms. The molecule has 108 valence electrons. The summed E-state index contributed by atoms with van der Waals surface area (Å²) < 4.78 is 0. The number of guanidine groups is 1. The molecule has 4 nitrogen and oxygen atoms in total. The molecule has 0 atom stereocenters. The van der Waals surface area contributed by atoms with Gasteiger partial charge in [-0.25, -0.2) is 0 Å². The Morgan fingerprint density at radius 2 is 1.89 bits per heavy atom. The Morgan fingerprint density at radius 3 is 2.50 bits per heavy atom. The summed E-state index contributed by atoms with van der Waals surface area (Å²) in [6.07, 6.45) is 5.07. The van der Waals surface area contributed by atoms with Crippen LogP contribution in [0.2, 0.25) is 0 Å². The Morgan fingerprint density at radius 1 is 1.17 bits per heavy atom. The number of likely N-dealkylation sites (tertiary alicyclic amines) is 1. The highest BCUT2D eigenvalue weighted by Crippen LogP contribution is 2.06. The second-order valence-corrected chi connectivity index (χ2v) is 4.59. The summed E-state index contributed by atoms with van der Waals surface area (Å²) in [6.45, 7) is 10.9. The van der Waals surface area contributed by atoms with Gasteiger partial charge in [0.1, 0.15) is 0 Å². The molecule has 0 bridgehead atoms. The van der Waals surface area contributed by atoms with Gasteiger partial charge in [-0.05, 0) is 52.2 Å². The minimum Gasteiger partial charge on any atom is -0.357 e. The summed E-state index contributed by atoms with van der Waals surface area (Å²) in [6, 6.07) is 0. The highest BCUT2D eigenvalue weighted by molar-refractivity contribution is 14.0. The lowest BCUT2D eigenvalue weighted by molar-refractivity contribution is 0.334. The lowest BCUT2D eigenvalue weighted by Gasteiger charge is -2.15. The maximum absolute atomic E-state index is 4.48. The maximum Gasteiger partial charge on any atom is 0.191 e. The molecule has 0 saturated carbocycles. The van der Waals surface area contributed by atoms with Gasteiger partial charge in [0.15, 0.2) is 5.96 Å². The average Bonchev–Trinajstić information content (AvgIpc) is 2.84. The Kier molecular flexibility index (Phi) is 12.0. The van der Waals surface area contributed by atoms with Crippen molar-refractivity contribution in [1.82, 2.24) is 15.5 Å². The van der Waals surface area contributed by atoms with Crippen LogP contribution in [0.15, 0.2) is 4.99 Å². The van der Waals surface area contributed by atoms with Gasteiger partial charge in [-0.3, -0.25) is 4.99 Å². The zero-order chi connectivity index (χ0) is 12.3. The molecule has 1 fully saturated rings. The molecule has 1 heterocycles. The normalized spacial score (nSPS) is 16.4. The van der Waals surface area contributed by atoms with E-state index < -0.39 is 0 Å². The lowest BCUT2D eigenvalue weighted by Crippen LogP contribution is -2.38. The Bertz CT molecular complexity index is 215. The predicted octanol–water partition coefficient (Wildman–Crippen LogP) is 2.06. The van der Waals surface area contributed by atoms with Gasteiger partial charge >= 0.3 is 0 Å². The number of nitrogens with one attached hydrogen (secondary N) is 2. The number of nitrogens with zero attached hydrogens (tertiary/aromatic N) is 2. The molecule has 2 N–H and O–H groups in total. The van der Waals surface area contributed by atoms with E-state index in [4.69, 9.17) is 0 Å². The number of halogens is 1. The van der Waals surface area contributed by atoms with E-state index >= 15 is 0 Å². The van der Waals surface area contributed by atoms with E-state index in [0.29, 0.717) is 0 Å². The van der Waals surface area contributed by atoms with E-state index in [9.17, 15) is 0 Å². The largest absolute Gasteiger partial charge is 0.357 e. The molecule has 0 aromatic rings. The van der Waals surface area contributed by atoms with Crippen LogP contribution >= 0.6 is 24.0 Å². The summed E-state index contributed by atoms with van der Waals surface area (Å²) in [4.78, 5) is 7.04. The molecule has 0 spiro atoms. The standard InChI is InChI=1S/C13H28N4.HI/c1-3-8-15-13(14-4-2)16-9-7-12-17-10-5-6-11-17;/h3-12H2,1-2H3,(H2,14,15,16);1H. The van der Waals surface area contributed by atoms with Crippen molar-refractivity contribution in [3.05, 3.63) is 0 Å². The van der Waals surface area contributed by atoms with Crippen molar-refractivity contribution in [2.75, 3.05) is 39.3 Å². The molecule has 1 rings (SSSR count). The van der Waals surface area contributed by atoms with Crippen molar-refractivity contribution in [2.24, 2.45) is 4.99 Å². The average molecular weight is 368 g/mol. The van der Waals surface area contributed by atoms with Gasteiger partial charge in [0.25, 0.3) is 0 Å². The summed E-state index contributed by atoms with van der Waals surface area (Å²) in [7, 11) is 0. The topological polar surface area (TPSA) is 39.7 Å². The summed E-state index contributed by atoms with van der Waals surface area (Å²) >= 11 is 0. The second-order valence-electron chi connectivity index (χ2n) is 4.59. The van der Waals surface area contributed by atoms with Gasteiger partial charge in [-0.2, -0.15) is 0 Å². The Labute approximate surface area is 129 Å². The second kappa shape index (κ2) is 12.0. The first-order valence-corrected chi connectivity index (χ1v) is 7.11. The van der Waals surface area contributed by atoms with Crippen LogP contribution < -0.4 is 10.6 Å². The van der Waals surface area contributed by atoms with Gasteiger partial charge in [-0.15, -0.1) is 24.0 Å². The molecule has 18 heavy (non-hydrogen) atoms. The van der Waals surface area contributed by atoms with E-state index in [-0.39, 0.29) is 24.0 Å². The van der Waals surface area contributed by atoms with E-state index in [2.05, 4.69) is 34.4 Å². The molecule has 1 saturated heterocycles. The number of hydrogen-bond donors (Lipinski definition) is 2. The van der Waals surface area contributed by atoms with Gasteiger partial charge in [0.2, 0.25) is 0 Å². The molecule has 1 aliphatic rings. The molecule has 0 unspecified atom stereocenters. The van der Waals surface area contributed by atoms with Crippen LogP contribution in [0.1, 0.15) is 39.5 Å². The van der Waals surface area contributed by atoms with Crippen molar-refractivity contribution < 1.29 is 0 Å². The van der Waals surface area contributed by atoms with Gasteiger partial charge in [-0.1, -0.05) is 6.92 Å². The van der Waals surface area contributed by atoms with Crippen molar-refractivity contribution >= 4 is 29.9 Å². The van der Waals surface area contributed by atoms with Crippen LogP contribution in [0.4, 0.5) is 0 Å². The molecule has 0 aromatic heterocycles. The third kappa shape index (κ3) is 8.13. The molecule has 1 aliphatic heterocycles. The summed E-state index contributed by atoms with van der Waals surface area (Å²) in [5.41, 5.74) is 0. The highest BCUT2D eigenvalue weighted by Gasteiger charge is 2.10. The number of rotatable bonds is 7. The van der Waals surface area contributed by atoms with Gasteiger partial charge in [0, 0.05) is 19.6 Å². The molecular formula is C13H29IN4. The van der Waals surface area contributed by atoms with Crippen molar-refractivity contribution in [1.29, 1.82) is 0 Å². The highest BCUT2D eigenvalue weighted by atomic mass is 127. The fourth-order valence-corrected chi connectivity index (χ4v) is 2.08. The van der Waals surface area contributed by atoms with E-state index in [1.54, 1.807) is 0 Å². The van der Waals surface area contributed by atoms with E-state index in [1.165, 1.54) is 38.9 Å². The van der Waals surface area contributed by atoms with Crippen LogP contribution in [0.5, 0.6) is 0 Å². The molecule has 0 aliphatic carbocycles.